The van der Waals surface area contributed by atoms with Crippen LogP contribution in [0.4, 0.5) is 0 Å². The predicted molar refractivity (Wildman–Crippen MR) is 52.9 cm³/mol. The van der Waals surface area contributed by atoms with Crippen LogP contribution in [0.25, 0.3) is 0 Å². The molecule has 3 heteroatoms. The summed E-state index contributed by atoms with van der Waals surface area (Å²) in [6.07, 6.45) is 0. The minimum absolute atomic E-state index is 0.0486. The van der Waals surface area contributed by atoms with Crippen molar-refractivity contribution in [3.8, 4) is 11.8 Å². The van der Waals surface area contributed by atoms with Gasteiger partial charge >= 0.3 is 0 Å². The van der Waals surface area contributed by atoms with Crippen molar-refractivity contribution < 1.29 is 9.84 Å². The molecule has 0 radical (unpaired) electrons. The maximum absolute atomic E-state index is 8.98. The molecule has 0 aliphatic carbocycles. The number of nitriles is 1. The molecule has 74 valence electrons. The highest BCUT2D eigenvalue weighted by molar-refractivity contribution is 5.34. The van der Waals surface area contributed by atoms with Crippen LogP contribution in [-0.4, -0.2) is 17.3 Å². The van der Waals surface area contributed by atoms with Crippen molar-refractivity contribution >= 4 is 0 Å². The summed E-state index contributed by atoms with van der Waals surface area (Å²) in [7, 11) is 0. The number of hydrogen-bond donors (Lipinski definition) is 1. The second kappa shape index (κ2) is 4.12. The first kappa shape index (κ1) is 10.6. The van der Waals surface area contributed by atoms with E-state index in [9.17, 15) is 0 Å². The number of nitrogens with zero attached hydrogens (tertiary/aromatic N) is 1. The average Bonchev–Trinajstić information content (AvgIpc) is 2.19. The van der Waals surface area contributed by atoms with Gasteiger partial charge in [0.25, 0.3) is 0 Å². The van der Waals surface area contributed by atoms with Gasteiger partial charge in [-0.15, -0.1) is 0 Å². The van der Waals surface area contributed by atoms with Gasteiger partial charge in [-0.1, -0.05) is 0 Å². The molecule has 0 spiro atoms. The first-order chi connectivity index (χ1) is 6.57. The van der Waals surface area contributed by atoms with E-state index in [0.717, 1.165) is 0 Å². The molecule has 0 atom stereocenters. The number of benzene rings is 1. The predicted octanol–water partition coefficient (Wildman–Crippen LogP) is 1.71. The summed E-state index contributed by atoms with van der Waals surface area (Å²) >= 11 is 0. The molecule has 1 aromatic carbocycles. The minimum Gasteiger partial charge on any atom is -0.485 e. The van der Waals surface area contributed by atoms with Crippen LogP contribution in [-0.2, 0) is 0 Å². The Morgan fingerprint density at radius 1 is 1.36 bits per heavy atom. The van der Waals surface area contributed by atoms with Crippen molar-refractivity contribution in [1.82, 2.24) is 0 Å². The highest BCUT2D eigenvalue weighted by atomic mass is 16.5. The van der Waals surface area contributed by atoms with Gasteiger partial charge in [0.2, 0.25) is 0 Å². The topological polar surface area (TPSA) is 53.2 Å². The van der Waals surface area contributed by atoms with E-state index >= 15 is 0 Å². The van der Waals surface area contributed by atoms with Gasteiger partial charge in [-0.2, -0.15) is 5.26 Å². The van der Waals surface area contributed by atoms with Gasteiger partial charge in [-0.05, 0) is 38.1 Å². The second-order valence-electron chi connectivity index (χ2n) is 3.66. The van der Waals surface area contributed by atoms with Crippen LogP contribution in [0.15, 0.2) is 24.3 Å². The Kier molecular flexibility index (Phi) is 3.10. The highest BCUT2D eigenvalue weighted by Crippen LogP contribution is 2.18. The normalized spacial score (nSPS) is 10.7. The van der Waals surface area contributed by atoms with Crippen LogP contribution in [0.2, 0.25) is 0 Å². The third kappa shape index (κ3) is 2.75. The molecule has 1 aromatic rings. The zero-order chi connectivity index (χ0) is 10.6. The molecular weight excluding hydrogens is 178 g/mol. The Labute approximate surface area is 83.6 Å². The molecule has 0 saturated carbocycles. The van der Waals surface area contributed by atoms with Gasteiger partial charge in [-0.25, -0.2) is 0 Å². The third-order valence-corrected chi connectivity index (χ3v) is 1.76. The van der Waals surface area contributed by atoms with Crippen LogP contribution in [0, 0.1) is 11.3 Å². The van der Waals surface area contributed by atoms with Crippen molar-refractivity contribution in [2.45, 2.75) is 19.4 Å². The number of aliphatic hydroxyl groups is 1. The molecule has 0 aliphatic rings. The fourth-order valence-electron chi connectivity index (χ4n) is 0.949. The summed E-state index contributed by atoms with van der Waals surface area (Å²) in [5.74, 6) is 0.656. The van der Waals surface area contributed by atoms with E-state index in [-0.39, 0.29) is 6.61 Å². The second-order valence-corrected chi connectivity index (χ2v) is 3.66. The largest absolute Gasteiger partial charge is 0.485 e. The van der Waals surface area contributed by atoms with Gasteiger partial charge in [0.1, 0.15) is 11.4 Å². The lowest BCUT2D eigenvalue weighted by atomic mass is 10.1. The van der Waals surface area contributed by atoms with Gasteiger partial charge in [-0.3, -0.25) is 0 Å². The van der Waals surface area contributed by atoms with Crippen LogP contribution < -0.4 is 4.74 Å². The third-order valence-electron chi connectivity index (χ3n) is 1.76. The summed E-state index contributed by atoms with van der Waals surface area (Å²) in [4.78, 5) is 0. The fourth-order valence-corrected chi connectivity index (χ4v) is 0.949. The number of ether oxygens (including phenoxy) is 1. The molecule has 0 saturated heterocycles. The van der Waals surface area contributed by atoms with E-state index in [4.69, 9.17) is 15.1 Å². The van der Waals surface area contributed by atoms with E-state index < -0.39 is 5.60 Å². The smallest absolute Gasteiger partial charge is 0.126 e. The molecule has 3 nitrogen and oxygen atoms in total. The molecule has 1 rings (SSSR count). The van der Waals surface area contributed by atoms with Gasteiger partial charge in [0.05, 0.1) is 18.2 Å². The molecule has 0 amide bonds. The summed E-state index contributed by atoms with van der Waals surface area (Å²) in [5.41, 5.74) is 0.00731. The van der Waals surface area contributed by atoms with Crippen LogP contribution in [0.1, 0.15) is 19.4 Å². The first-order valence-electron chi connectivity index (χ1n) is 4.37. The van der Waals surface area contributed by atoms with Crippen LogP contribution in [0.3, 0.4) is 0 Å². The van der Waals surface area contributed by atoms with Crippen molar-refractivity contribution in [3.05, 3.63) is 29.8 Å². The Morgan fingerprint density at radius 2 is 1.93 bits per heavy atom. The summed E-state index contributed by atoms with van der Waals surface area (Å²) < 4.78 is 5.49. The molecule has 0 aromatic heterocycles. The average molecular weight is 191 g/mol. The van der Waals surface area contributed by atoms with Crippen molar-refractivity contribution in [2.75, 3.05) is 6.61 Å². The zero-order valence-corrected chi connectivity index (χ0v) is 8.32. The summed E-state index contributed by atoms with van der Waals surface area (Å²) in [5, 5.41) is 17.6. The molecule has 0 unspecified atom stereocenters. The van der Waals surface area contributed by atoms with E-state index in [1.165, 1.54) is 0 Å². The molecular formula is C11H13NO2. The molecule has 0 fully saturated rings. The minimum atomic E-state index is -0.589. The molecule has 14 heavy (non-hydrogen) atoms. The van der Waals surface area contributed by atoms with Gasteiger partial charge in [0.15, 0.2) is 0 Å². The summed E-state index contributed by atoms with van der Waals surface area (Å²) in [6, 6.07) is 8.83. The molecule has 0 aliphatic heterocycles. The van der Waals surface area contributed by atoms with E-state index in [1.54, 1.807) is 38.1 Å². The van der Waals surface area contributed by atoms with E-state index in [1.807, 2.05) is 6.07 Å². The number of hydrogen-bond acceptors (Lipinski definition) is 3. The van der Waals surface area contributed by atoms with E-state index in [0.29, 0.717) is 11.3 Å². The SMILES string of the molecule is CC(C)(CO)Oc1ccc(C#N)cc1. The quantitative estimate of drug-likeness (QED) is 0.791. The Morgan fingerprint density at radius 3 is 2.36 bits per heavy atom. The maximum Gasteiger partial charge on any atom is 0.126 e. The lowest BCUT2D eigenvalue weighted by Crippen LogP contribution is -2.32. The Hall–Kier alpha value is -1.53. The van der Waals surface area contributed by atoms with Crippen molar-refractivity contribution in [3.63, 3.8) is 0 Å². The van der Waals surface area contributed by atoms with E-state index in [2.05, 4.69) is 0 Å². The molecule has 0 bridgehead atoms. The van der Waals surface area contributed by atoms with Gasteiger partial charge < -0.3 is 9.84 Å². The highest BCUT2D eigenvalue weighted by Gasteiger charge is 2.17. The van der Waals surface area contributed by atoms with Crippen molar-refractivity contribution in [1.29, 1.82) is 5.26 Å². The lowest BCUT2D eigenvalue weighted by Gasteiger charge is -2.23. The standard InChI is InChI=1S/C11H13NO2/c1-11(2,8-13)14-10-5-3-9(7-12)4-6-10/h3-6,13H,8H2,1-2H3. The summed E-state index contributed by atoms with van der Waals surface area (Å²) in [6.45, 7) is 3.55. The maximum atomic E-state index is 8.98. The van der Waals surface area contributed by atoms with Crippen LogP contribution >= 0.6 is 0 Å². The molecule has 0 heterocycles. The van der Waals surface area contributed by atoms with Crippen LogP contribution in [0.5, 0.6) is 5.75 Å². The van der Waals surface area contributed by atoms with Crippen molar-refractivity contribution in [2.24, 2.45) is 0 Å². The monoisotopic (exact) mass is 191 g/mol. The first-order valence-corrected chi connectivity index (χ1v) is 4.37. The Balaban J connectivity index is 2.75. The zero-order valence-electron chi connectivity index (χ0n) is 8.32. The lowest BCUT2D eigenvalue weighted by molar-refractivity contribution is 0.0412. The van der Waals surface area contributed by atoms with Gasteiger partial charge in [0, 0.05) is 0 Å². The number of rotatable bonds is 3. The molecule has 1 N–H and O–H groups in total. The number of aliphatic hydroxyl groups excluding tert-OH is 1. The fraction of sp³-hybridized carbons (Fsp3) is 0.364. The Bertz CT molecular complexity index is 335.